The molecule has 0 heterocycles. The summed E-state index contributed by atoms with van der Waals surface area (Å²) in [6, 6.07) is 11.4. The molecule has 1 N–H and O–H groups in total. The summed E-state index contributed by atoms with van der Waals surface area (Å²) in [6.45, 7) is 7.87. The van der Waals surface area contributed by atoms with Crippen LogP contribution in [0.15, 0.2) is 30.3 Å². The first-order valence-corrected chi connectivity index (χ1v) is 7.97. The fraction of sp³-hybridized carbons (Fsp3) is 0.579. The van der Waals surface area contributed by atoms with Crippen molar-refractivity contribution in [1.29, 1.82) is 0 Å². The van der Waals surface area contributed by atoms with Crippen molar-refractivity contribution in [2.45, 2.75) is 64.3 Å². The van der Waals surface area contributed by atoms with Gasteiger partial charge < -0.3 is 5.32 Å². The quantitative estimate of drug-likeness (QED) is 0.651. The summed E-state index contributed by atoms with van der Waals surface area (Å²) in [7, 11) is 0. The van der Waals surface area contributed by atoms with E-state index in [9.17, 15) is 0 Å². The second-order valence-corrected chi connectivity index (χ2v) is 5.48. The second kappa shape index (κ2) is 8.82. The van der Waals surface area contributed by atoms with Crippen LogP contribution in [0.4, 0.5) is 0 Å². The molecule has 110 valence electrons. The fourth-order valence-corrected chi connectivity index (χ4v) is 3.24. The van der Waals surface area contributed by atoms with E-state index in [2.05, 4.69) is 62.3 Å². The van der Waals surface area contributed by atoms with Crippen LogP contribution in [-0.2, 0) is 5.41 Å². The van der Waals surface area contributed by atoms with Gasteiger partial charge in [-0.25, -0.2) is 0 Å². The molecule has 0 radical (unpaired) electrons. The molecule has 1 unspecified atom stereocenters. The maximum Gasteiger partial charge on any atom is 0.0173 e. The van der Waals surface area contributed by atoms with Crippen molar-refractivity contribution in [1.82, 2.24) is 5.32 Å². The molecule has 0 saturated carbocycles. The molecule has 0 saturated heterocycles. The maximum absolute atomic E-state index is 5.49. The van der Waals surface area contributed by atoms with Gasteiger partial charge in [0.1, 0.15) is 0 Å². The zero-order valence-electron chi connectivity index (χ0n) is 13.3. The van der Waals surface area contributed by atoms with E-state index in [1.165, 1.54) is 5.56 Å². The molecule has 1 heteroatoms. The molecule has 1 aromatic rings. The van der Waals surface area contributed by atoms with Crippen molar-refractivity contribution in [2.24, 2.45) is 0 Å². The summed E-state index contributed by atoms with van der Waals surface area (Å²) >= 11 is 0. The minimum atomic E-state index is 0.188. The van der Waals surface area contributed by atoms with Gasteiger partial charge in [-0.2, -0.15) is 0 Å². The average Bonchev–Trinajstić information content (AvgIpc) is 2.51. The van der Waals surface area contributed by atoms with Crippen molar-refractivity contribution < 1.29 is 0 Å². The van der Waals surface area contributed by atoms with Gasteiger partial charge in [-0.1, -0.05) is 51.1 Å². The highest BCUT2D eigenvalue weighted by Gasteiger charge is 2.36. The lowest BCUT2D eigenvalue weighted by Gasteiger charge is -2.41. The van der Waals surface area contributed by atoms with Gasteiger partial charge in [0, 0.05) is 17.9 Å². The third kappa shape index (κ3) is 3.87. The Morgan fingerprint density at radius 3 is 2.30 bits per heavy atom. The second-order valence-electron chi connectivity index (χ2n) is 5.48. The molecule has 0 aliphatic carbocycles. The molecule has 1 aromatic carbocycles. The van der Waals surface area contributed by atoms with Crippen LogP contribution in [0.2, 0.25) is 0 Å². The van der Waals surface area contributed by atoms with Crippen molar-refractivity contribution in [3.63, 3.8) is 0 Å². The largest absolute Gasteiger partial charge is 0.313 e. The molecule has 0 fully saturated rings. The summed E-state index contributed by atoms with van der Waals surface area (Å²) in [5.74, 6) is 2.81. The highest BCUT2D eigenvalue weighted by molar-refractivity contribution is 5.28. The number of hydrogen-bond donors (Lipinski definition) is 1. The van der Waals surface area contributed by atoms with E-state index in [1.807, 2.05) is 0 Å². The first-order valence-electron chi connectivity index (χ1n) is 7.97. The molecular weight excluding hydrogens is 242 g/mol. The zero-order valence-corrected chi connectivity index (χ0v) is 13.3. The smallest absolute Gasteiger partial charge is 0.0173 e. The lowest BCUT2D eigenvalue weighted by atomic mass is 9.68. The van der Waals surface area contributed by atoms with Gasteiger partial charge in [0.05, 0.1) is 0 Å². The van der Waals surface area contributed by atoms with Crippen LogP contribution in [0.25, 0.3) is 0 Å². The van der Waals surface area contributed by atoms with Crippen molar-refractivity contribution in [3.05, 3.63) is 35.9 Å². The summed E-state index contributed by atoms with van der Waals surface area (Å²) in [5, 5.41) is 3.75. The van der Waals surface area contributed by atoms with E-state index in [0.717, 1.165) is 38.6 Å². The number of nitrogens with one attached hydrogen (secondary N) is 1. The topological polar surface area (TPSA) is 12.0 Å². The van der Waals surface area contributed by atoms with Crippen LogP contribution in [0.3, 0.4) is 0 Å². The first kappa shape index (κ1) is 16.8. The van der Waals surface area contributed by atoms with Crippen molar-refractivity contribution in [3.8, 4) is 12.3 Å². The lowest BCUT2D eigenvalue weighted by Crippen LogP contribution is -2.48. The molecule has 0 amide bonds. The van der Waals surface area contributed by atoms with Gasteiger partial charge in [-0.3, -0.25) is 0 Å². The third-order valence-electron chi connectivity index (χ3n) is 4.50. The van der Waals surface area contributed by atoms with Crippen LogP contribution in [0.5, 0.6) is 0 Å². The molecule has 1 atom stereocenters. The maximum atomic E-state index is 5.49. The summed E-state index contributed by atoms with van der Waals surface area (Å²) in [6.07, 6.45) is 10.8. The van der Waals surface area contributed by atoms with Crippen molar-refractivity contribution in [2.75, 3.05) is 6.54 Å². The van der Waals surface area contributed by atoms with Crippen molar-refractivity contribution >= 4 is 0 Å². The lowest BCUT2D eigenvalue weighted by molar-refractivity contribution is 0.260. The van der Waals surface area contributed by atoms with Crippen LogP contribution in [-0.4, -0.2) is 12.6 Å². The molecule has 0 aromatic heterocycles. The Morgan fingerprint density at radius 1 is 1.15 bits per heavy atom. The van der Waals surface area contributed by atoms with Gasteiger partial charge in [-0.15, -0.1) is 12.3 Å². The Morgan fingerprint density at radius 2 is 1.80 bits per heavy atom. The molecule has 0 spiro atoms. The van der Waals surface area contributed by atoms with E-state index in [-0.39, 0.29) is 5.41 Å². The molecule has 20 heavy (non-hydrogen) atoms. The predicted molar refractivity (Wildman–Crippen MR) is 88.9 cm³/mol. The molecule has 0 aliphatic rings. The SMILES string of the molecule is C#CCCC(NCCC)C(CC)(CC)c1ccccc1. The summed E-state index contributed by atoms with van der Waals surface area (Å²) in [5.41, 5.74) is 1.63. The first-order chi connectivity index (χ1) is 9.75. The van der Waals surface area contributed by atoms with E-state index in [4.69, 9.17) is 6.42 Å². The predicted octanol–water partition coefficient (Wildman–Crippen LogP) is 4.53. The van der Waals surface area contributed by atoms with Crippen LogP contribution < -0.4 is 5.32 Å². The van der Waals surface area contributed by atoms with E-state index >= 15 is 0 Å². The molecule has 0 bridgehead atoms. The Hall–Kier alpha value is -1.26. The third-order valence-corrected chi connectivity index (χ3v) is 4.50. The van der Waals surface area contributed by atoms with E-state index in [1.54, 1.807) is 0 Å². The van der Waals surface area contributed by atoms with Crippen LogP contribution in [0.1, 0.15) is 58.4 Å². The molecule has 0 aliphatic heterocycles. The van der Waals surface area contributed by atoms with Gasteiger partial charge in [-0.05, 0) is 37.8 Å². The summed E-state index contributed by atoms with van der Waals surface area (Å²) < 4.78 is 0. The highest BCUT2D eigenvalue weighted by atomic mass is 14.9. The normalized spacial score (nSPS) is 12.9. The highest BCUT2D eigenvalue weighted by Crippen LogP contribution is 2.37. The zero-order chi connectivity index (χ0) is 14.8. The minimum absolute atomic E-state index is 0.188. The molecule has 1 nitrogen and oxygen atoms in total. The Bertz CT molecular complexity index is 398. The molecule has 1 rings (SSSR count). The Kier molecular flexibility index (Phi) is 7.41. The van der Waals surface area contributed by atoms with E-state index in [0.29, 0.717) is 6.04 Å². The van der Waals surface area contributed by atoms with Crippen LogP contribution in [0, 0.1) is 12.3 Å². The minimum Gasteiger partial charge on any atom is -0.313 e. The van der Waals surface area contributed by atoms with Crippen LogP contribution >= 0.6 is 0 Å². The summed E-state index contributed by atoms with van der Waals surface area (Å²) in [4.78, 5) is 0. The number of benzene rings is 1. The fourth-order valence-electron chi connectivity index (χ4n) is 3.24. The van der Waals surface area contributed by atoms with Gasteiger partial charge in [0.15, 0.2) is 0 Å². The standard InChI is InChI=1S/C19H29N/c1-5-9-15-18(20-16-6-2)19(7-3,8-4)17-13-11-10-12-14-17/h1,10-14,18,20H,6-9,15-16H2,2-4H3. The number of terminal acetylenes is 1. The number of hydrogen-bond acceptors (Lipinski definition) is 1. The number of rotatable bonds is 9. The van der Waals surface area contributed by atoms with E-state index < -0.39 is 0 Å². The Labute approximate surface area is 125 Å². The van der Waals surface area contributed by atoms with Gasteiger partial charge in [0.2, 0.25) is 0 Å². The van der Waals surface area contributed by atoms with Gasteiger partial charge in [0.25, 0.3) is 0 Å². The molecular formula is C19H29N. The monoisotopic (exact) mass is 271 g/mol. The van der Waals surface area contributed by atoms with Gasteiger partial charge >= 0.3 is 0 Å². The average molecular weight is 271 g/mol. The Balaban J connectivity index is 3.08.